The number of rotatable bonds is 7. The Labute approximate surface area is 205 Å². The summed E-state index contributed by atoms with van der Waals surface area (Å²) in [4.78, 5) is 54.1. The Bertz CT molecular complexity index is 1370. The lowest BCUT2D eigenvalue weighted by Crippen LogP contribution is -2.60. The highest BCUT2D eigenvalue weighted by atomic mass is 16.5. The van der Waals surface area contributed by atoms with Gasteiger partial charge in [-0.3, -0.25) is 19.2 Å². The summed E-state index contributed by atoms with van der Waals surface area (Å²) < 4.78 is 6.64. The van der Waals surface area contributed by atoms with Crippen molar-refractivity contribution in [1.29, 1.82) is 0 Å². The number of anilines is 1. The van der Waals surface area contributed by atoms with Crippen molar-refractivity contribution in [3.05, 3.63) is 53.5 Å². The molecule has 2 aromatic heterocycles. The minimum absolute atomic E-state index is 0.0143. The molecule has 0 radical (unpaired) electrons. The summed E-state index contributed by atoms with van der Waals surface area (Å²) in [5, 5.41) is 18.1. The van der Waals surface area contributed by atoms with E-state index in [1.165, 1.54) is 16.8 Å². The monoisotopic (exact) mass is 492 g/mol. The van der Waals surface area contributed by atoms with Crippen LogP contribution in [0.25, 0.3) is 5.65 Å². The van der Waals surface area contributed by atoms with Gasteiger partial charge in [0.25, 0.3) is 17.7 Å². The molecule has 1 fully saturated rings. The number of hydrogen-bond acceptors (Lipinski definition) is 8. The predicted molar refractivity (Wildman–Crippen MR) is 126 cm³/mol. The number of benzene rings is 1. The zero-order valence-electron chi connectivity index (χ0n) is 19.3. The van der Waals surface area contributed by atoms with Gasteiger partial charge >= 0.3 is 0 Å². The van der Waals surface area contributed by atoms with E-state index in [0.29, 0.717) is 30.2 Å². The topological polar surface area (TPSA) is 168 Å². The zero-order chi connectivity index (χ0) is 25.2. The Morgan fingerprint density at radius 3 is 2.81 bits per heavy atom. The first kappa shape index (κ1) is 23.2. The molecular weight excluding hydrogens is 468 g/mol. The third-order valence-corrected chi connectivity index (χ3v) is 5.82. The minimum atomic E-state index is -0.789. The molecule has 5 N–H and O–H groups in total. The highest BCUT2D eigenvalue weighted by molar-refractivity contribution is 6.00. The average Bonchev–Trinajstić information content (AvgIpc) is 3.32. The molecule has 1 atom stereocenters. The van der Waals surface area contributed by atoms with Gasteiger partial charge in [0.2, 0.25) is 5.91 Å². The molecule has 3 aromatic rings. The van der Waals surface area contributed by atoms with Crippen molar-refractivity contribution in [2.75, 3.05) is 25.0 Å². The van der Waals surface area contributed by atoms with E-state index in [1.54, 1.807) is 31.2 Å². The first-order valence-corrected chi connectivity index (χ1v) is 11.4. The van der Waals surface area contributed by atoms with Crippen molar-refractivity contribution in [3.63, 3.8) is 0 Å². The van der Waals surface area contributed by atoms with Crippen LogP contribution in [-0.4, -0.2) is 70.0 Å². The molecule has 36 heavy (non-hydrogen) atoms. The van der Waals surface area contributed by atoms with Crippen molar-refractivity contribution in [3.8, 4) is 5.75 Å². The Balaban J connectivity index is 1.28. The lowest BCUT2D eigenvalue weighted by atomic mass is 10.1. The number of carbonyl (C=O) groups excluding carboxylic acids is 4. The molecule has 2 aliphatic heterocycles. The Morgan fingerprint density at radius 1 is 1.19 bits per heavy atom. The lowest BCUT2D eigenvalue weighted by Gasteiger charge is -2.29. The van der Waals surface area contributed by atoms with Crippen LogP contribution >= 0.6 is 0 Å². The van der Waals surface area contributed by atoms with Gasteiger partial charge in [0.05, 0.1) is 17.9 Å². The van der Waals surface area contributed by atoms with Gasteiger partial charge in [-0.2, -0.15) is 5.10 Å². The van der Waals surface area contributed by atoms with Gasteiger partial charge in [-0.1, -0.05) is 6.07 Å². The number of ether oxygens (including phenoxy) is 1. The predicted octanol–water partition coefficient (Wildman–Crippen LogP) is -0.803. The van der Waals surface area contributed by atoms with Gasteiger partial charge in [0.1, 0.15) is 23.2 Å². The number of aromatic nitrogens is 3. The average molecular weight is 492 g/mol. The number of carbonyl (C=O) groups is 4. The van der Waals surface area contributed by atoms with Crippen LogP contribution in [0.2, 0.25) is 0 Å². The van der Waals surface area contributed by atoms with Gasteiger partial charge in [-0.15, -0.1) is 0 Å². The van der Waals surface area contributed by atoms with Gasteiger partial charge in [-0.05, 0) is 24.6 Å². The second kappa shape index (κ2) is 9.62. The third-order valence-electron chi connectivity index (χ3n) is 5.82. The molecule has 1 saturated heterocycles. The van der Waals surface area contributed by atoms with Gasteiger partial charge in [0.15, 0.2) is 12.3 Å². The van der Waals surface area contributed by atoms with Crippen molar-refractivity contribution >= 4 is 35.0 Å². The second-order valence-electron chi connectivity index (χ2n) is 8.54. The second-order valence-corrected chi connectivity index (χ2v) is 8.54. The fraction of sp³-hybridized carbons (Fsp3) is 0.304. The summed E-state index contributed by atoms with van der Waals surface area (Å²) in [6.45, 7) is 3.08. The van der Waals surface area contributed by atoms with Crippen LogP contribution in [0.1, 0.15) is 33.5 Å². The molecule has 0 unspecified atom stereocenters. The smallest absolute Gasteiger partial charge is 0.270 e. The van der Waals surface area contributed by atoms with E-state index < -0.39 is 17.9 Å². The Kier molecular flexibility index (Phi) is 6.21. The molecule has 13 nitrogen and oxygen atoms in total. The van der Waals surface area contributed by atoms with Gasteiger partial charge in [0, 0.05) is 31.8 Å². The van der Waals surface area contributed by atoms with Crippen LogP contribution in [0.4, 0.5) is 5.69 Å². The molecule has 0 spiro atoms. The van der Waals surface area contributed by atoms with Gasteiger partial charge in [-0.25, -0.2) is 9.50 Å². The maximum absolute atomic E-state index is 13.0. The van der Waals surface area contributed by atoms with E-state index >= 15 is 0 Å². The minimum Gasteiger partial charge on any atom is -0.482 e. The van der Waals surface area contributed by atoms with Crippen molar-refractivity contribution in [1.82, 2.24) is 35.9 Å². The molecule has 13 heteroatoms. The van der Waals surface area contributed by atoms with E-state index in [9.17, 15) is 19.2 Å². The lowest BCUT2D eigenvalue weighted by molar-refractivity contribution is -0.123. The van der Waals surface area contributed by atoms with Crippen molar-refractivity contribution < 1.29 is 23.9 Å². The molecule has 2 aliphatic rings. The Morgan fingerprint density at radius 2 is 2.03 bits per heavy atom. The standard InChI is InChI=1S/C23H24N8O5/c1-12(21(33)28-14-9-24-10-14)27-23(35)17-7-16(29-19-4-5-26-31(17)19)22(34)25-8-13-2-3-18-15(6-13)30-20(32)11-36-18/h2-7,12,14,24H,8-11H2,1H3,(H,25,34)(H,27,35)(H,28,33)(H,30,32)/t12-/m0/s1. The quantitative estimate of drug-likeness (QED) is 0.286. The Hall–Kier alpha value is -4.52. The van der Waals surface area contributed by atoms with Gasteiger partial charge < -0.3 is 31.3 Å². The zero-order valence-corrected chi connectivity index (χ0v) is 19.3. The summed E-state index contributed by atoms with van der Waals surface area (Å²) in [7, 11) is 0. The van der Waals surface area contributed by atoms with Crippen molar-refractivity contribution in [2.45, 2.75) is 25.6 Å². The maximum Gasteiger partial charge on any atom is 0.270 e. The molecule has 0 saturated carbocycles. The number of hydrogen-bond donors (Lipinski definition) is 5. The molecule has 1 aromatic carbocycles. The third kappa shape index (κ3) is 4.81. The first-order chi connectivity index (χ1) is 17.4. The summed E-state index contributed by atoms with van der Waals surface area (Å²) in [6, 6.07) is 7.35. The molecule has 0 aliphatic carbocycles. The largest absolute Gasteiger partial charge is 0.482 e. The van der Waals surface area contributed by atoms with Crippen LogP contribution in [0, 0.1) is 0 Å². The number of fused-ring (bicyclic) bond motifs is 2. The van der Waals surface area contributed by atoms with E-state index in [0.717, 1.165) is 5.56 Å². The van der Waals surface area contributed by atoms with E-state index in [-0.39, 0.29) is 42.4 Å². The number of nitrogens with zero attached hydrogens (tertiary/aromatic N) is 3. The van der Waals surface area contributed by atoms with Crippen LogP contribution in [0.15, 0.2) is 36.5 Å². The molecule has 5 rings (SSSR count). The summed E-state index contributed by atoms with van der Waals surface area (Å²) >= 11 is 0. The summed E-state index contributed by atoms with van der Waals surface area (Å²) in [5.41, 5.74) is 1.65. The van der Waals surface area contributed by atoms with Crippen molar-refractivity contribution in [2.24, 2.45) is 0 Å². The SMILES string of the molecule is C[C@H](NC(=O)c1cc(C(=O)NCc2ccc3c(c2)NC(=O)CO3)nc2ccnn12)C(=O)NC1CNC1. The first-order valence-electron chi connectivity index (χ1n) is 11.4. The molecule has 0 bridgehead atoms. The summed E-state index contributed by atoms with van der Waals surface area (Å²) in [5.74, 6) is -1.07. The number of nitrogens with one attached hydrogen (secondary N) is 5. The van der Waals surface area contributed by atoms with Crippen LogP contribution < -0.4 is 31.3 Å². The van der Waals surface area contributed by atoms with Crippen LogP contribution in [0.3, 0.4) is 0 Å². The molecular formula is C23H24N8O5. The maximum atomic E-state index is 13.0. The molecule has 186 valence electrons. The highest BCUT2D eigenvalue weighted by Crippen LogP contribution is 2.28. The molecule has 4 heterocycles. The van der Waals surface area contributed by atoms with Crippen LogP contribution in [0.5, 0.6) is 5.75 Å². The van der Waals surface area contributed by atoms with E-state index in [1.807, 2.05) is 0 Å². The fourth-order valence-electron chi connectivity index (χ4n) is 3.76. The van der Waals surface area contributed by atoms with Crippen LogP contribution in [-0.2, 0) is 16.1 Å². The number of amides is 4. The highest BCUT2D eigenvalue weighted by Gasteiger charge is 2.25. The summed E-state index contributed by atoms with van der Waals surface area (Å²) in [6.07, 6.45) is 1.46. The van der Waals surface area contributed by atoms with E-state index in [4.69, 9.17) is 4.74 Å². The fourth-order valence-corrected chi connectivity index (χ4v) is 3.76. The molecule has 4 amide bonds. The normalized spacial score (nSPS) is 15.6. The van der Waals surface area contributed by atoms with E-state index in [2.05, 4.69) is 36.7 Å².